The van der Waals surface area contributed by atoms with E-state index in [4.69, 9.17) is 9.84 Å². The number of ether oxygens (including phenoxy) is 1. The number of carbonyl (C=O) groups is 1. The van der Waals surface area contributed by atoms with E-state index in [1.165, 1.54) is 29.1 Å². The van der Waals surface area contributed by atoms with Gasteiger partial charge in [-0.3, -0.25) is 14.8 Å². The molecule has 0 saturated heterocycles. The van der Waals surface area contributed by atoms with Crippen molar-refractivity contribution in [1.29, 1.82) is 0 Å². The van der Waals surface area contributed by atoms with Gasteiger partial charge in [-0.15, -0.1) is 0 Å². The van der Waals surface area contributed by atoms with Crippen molar-refractivity contribution >= 4 is 27.6 Å². The van der Waals surface area contributed by atoms with E-state index in [0.29, 0.717) is 10.2 Å². The average Bonchev–Trinajstić information content (AvgIpc) is 2.79. The fourth-order valence-corrected chi connectivity index (χ4v) is 2.04. The predicted molar refractivity (Wildman–Crippen MR) is 75.3 cm³/mol. The van der Waals surface area contributed by atoms with Gasteiger partial charge < -0.3 is 9.84 Å². The smallest absolute Gasteiger partial charge is 0.339 e. The standard InChI is InChI=1S/C12H10BrN3O5/c1-15-10(8(5-14-15)12(17)18)6-21-11-4-7(16(19)20)2-3-9(11)13/h2-5H,6H2,1H3,(H,17,18). The topological polar surface area (TPSA) is 107 Å². The van der Waals surface area contributed by atoms with Crippen LogP contribution >= 0.6 is 15.9 Å². The van der Waals surface area contributed by atoms with Crippen LogP contribution in [0.2, 0.25) is 0 Å². The third-order valence-corrected chi connectivity index (χ3v) is 3.44. The molecule has 2 rings (SSSR count). The molecule has 0 unspecified atom stereocenters. The Labute approximate surface area is 127 Å². The van der Waals surface area contributed by atoms with E-state index in [9.17, 15) is 14.9 Å². The predicted octanol–water partition coefficient (Wildman–Crippen LogP) is 2.37. The van der Waals surface area contributed by atoms with Gasteiger partial charge in [0.1, 0.15) is 17.9 Å². The number of aromatic nitrogens is 2. The molecule has 0 atom stereocenters. The molecule has 0 radical (unpaired) electrons. The summed E-state index contributed by atoms with van der Waals surface area (Å²) in [5.74, 6) is -0.860. The summed E-state index contributed by atoms with van der Waals surface area (Å²) in [6.07, 6.45) is 1.23. The van der Waals surface area contributed by atoms with Crippen molar-refractivity contribution in [3.63, 3.8) is 0 Å². The van der Waals surface area contributed by atoms with E-state index in [0.717, 1.165) is 0 Å². The SMILES string of the molecule is Cn1ncc(C(=O)O)c1COc1cc([N+](=O)[O-])ccc1Br. The molecular formula is C12H10BrN3O5. The van der Waals surface area contributed by atoms with Crippen LogP contribution in [0.3, 0.4) is 0 Å². The number of hydrogen-bond donors (Lipinski definition) is 1. The Kier molecular flexibility index (Phi) is 4.22. The van der Waals surface area contributed by atoms with Crippen molar-refractivity contribution in [3.8, 4) is 5.75 Å². The minimum absolute atomic E-state index is 0.0269. The van der Waals surface area contributed by atoms with Gasteiger partial charge >= 0.3 is 5.97 Å². The Morgan fingerprint density at radius 3 is 2.90 bits per heavy atom. The highest BCUT2D eigenvalue weighted by molar-refractivity contribution is 9.10. The van der Waals surface area contributed by atoms with Gasteiger partial charge in [0.2, 0.25) is 0 Å². The molecule has 1 heterocycles. The van der Waals surface area contributed by atoms with Crippen LogP contribution in [-0.2, 0) is 13.7 Å². The largest absolute Gasteiger partial charge is 0.486 e. The summed E-state index contributed by atoms with van der Waals surface area (Å²) in [6, 6.07) is 4.10. The van der Waals surface area contributed by atoms with E-state index < -0.39 is 10.9 Å². The highest BCUT2D eigenvalue weighted by Gasteiger charge is 2.17. The van der Waals surface area contributed by atoms with Gasteiger partial charge in [0.15, 0.2) is 0 Å². The molecule has 2 aromatic rings. The van der Waals surface area contributed by atoms with Crippen LogP contribution in [0, 0.1) is 10.1 Å². The van der Waals surface area contributed by atoms with E-state index >= 15 is 0 Å². The Morgan fingerprint density at radius 1 is 1.57 bits per heavy atom. The first-order valence-electron chi connectivity index (χ1n) is 5.71. The maximum atomic E-state index is 11.0. The second kappa shape index (κ2) is 5.92. The van der Waals surface area contributed by atoms with E-state index in [2.05, 4.69) is 21.0 Å². The highest BCUT2D eigenvalue weighted by atomic mass is 79.9. The van der Waals surface area contributed by atoms with Gasteiger partial charge in [-0.1, -0.05) is 0 Å². The minimum Gasteiger partial charge on any atom is -0.486 e. The van der Waals surface area contributed by atoms with Gasteiger partial charge in [0.25, 0.3) is 5.69 Å². The molecule has 0 fully saturated rings. The number of nitro groups is 1. The summed E-state index contributed by atoms with van der Waals surface area (Å²) in [6.45, 7) is -0.0715. The zero-order valence-electron chi connectivity index (χ0n) is 10.8. The highest BCUT2D eigenvalue weighted by Crippen LogP contribution is 2.30. The summed E-state index contributed by atoms with van der Waals surface area (Å²) in [5, 5.41) is 23.6. The lowest BCUT2D eigenvalue weighted by atomic mass is 10.2. The van der Waals surface area contributed by atoms with Gasteiger partial charge in [0.05, 0.1) is 27.4 Å². The van der Waals surface area contributed by atoms with E-state index in [1.54, 1.807) is 7.05 Å². The van der Waals surface area contributed by atoms with Crippen LogP contribution in [0.5, 0.6) is 5.75 Å². The number of rotatable bonds is 5. The van der Waals surface area contributed by atoms with E-state index in [1.807, 2.05) is 0 Å². The van der Waals surface area contributed by atoms with E-state index in [-0.39, 0.29) is 23.6 Å². The number of non-ortho nitro benzene ring substituents is 1. The first kappa shape index (κ1) is 15.0. The van der Waals surface area contributed by atoms with Crippen LogP contribution in [0.25, 0.3) is 0 Å². The molecule has 0 aliphatic rings. The monoisotopic (exact) mass is 355 g/mol. The zero-order valence-corrected chi connectivity index (χ0v) is 12.4. The second-order valence-corrected chi connectivity index (χ2v) is 4.95. The molecule has 0 saturated carbocycles. The average molecular weight is 356 g/mol. The molecule has 8 nitrogen and oxygen atoms in total. The Morgan fingerprint density at radius 2 is 2.29 bits per heavy atom. The van der Waals surface area contributed by atoms with Crippen LogP contribution in [0.4, 0.5) is 5.69 Å². The molecule has 21 heavy (non-hydrogen) atoms. The number of carboxylic acids is 1. The molecule has 0 aliphatic heterocycles. The lowest BCUT2D eigenvalue weighted by Gasteiger charge is -2.09. The van der Waals surface area contributed by atoms with Gasteiger partial charge in [-0.05, 0) is 22.0 Å². The van der Waals surface area contributed by atoms with Gasteiger partial charge in [0, 0.05) is 13.1 Å². The van der Waals surface area contributed by atoms with Crippen molar-refractivity contribution in [2.45, 2.75) is 6.61 Å². The lowest BCUT2D eigenvalue weighted by molar-refractivity contribution is -0.385. The first-order valence-corrected chi connectivity index (χ1v) is 6.50. The van der Waals surface area contributed by atoms with Crippen LogP contribution in [0.1, 0.15) is 16.1 Å². The molecule has 0 aliphatic carbocycles. The van der Waals surface area contributed by atoms with Crippen LogP contribution < -0.4 is 4.74 Å². The summed E-state index contributed by atoms with van der Waals surface area (Å²) in [7, 11) is 1.59. The number of benzene rings is 1. The zero-order chi connectivity index (χ0) is 15.6. The maximum absolute atomic E-state index is 11.0. The number of nitro benzene ring substituents is 1. The molecule has 1 aromatic carbocycles. The summed E-state index contributed by atoms with van der Waals surface area (Å²) < 4.78 is 7.39. The number of nitrogens with zero attached hydrogens (tertiary/aromatic N) is 3. The number of hydrogen-bond acceptors (Lipinski definition) is 5. The van der Waals surface area contributed by atoms with Gasteiger partial charge in [-0.25, -0.2) is 4.79 Å². The van der Waals surface area contributed by atoms with Crippen LogP contribution in [-0.4, -0.2) is 25.8 Å². The second-order valence-electron chi connectivity index (χ2n) is 4.09. The van der Waals surface area contributed by atoms with Crippen LogP contribution in [0.15, 0.2) is 28.9 Å². The van der Waals surface area contributed by atoms with Crippen molar-refractivity contribution in [3.05, 3.63) is 50.2 Å². The molecule has 1 N–H and O–H groups in total. The van der Waals surface area contributed by atoms with Crippen molar-refractivity contribution in [2.24, 2.45) is 7.05 Å². The van der Waals surface area contributed by atoms with Crippen molar-refractivity contribution in [1.82, 2.24) is 9.78 Å². The summed E-state index contributed by atoms with van der Waals surface area (Å²) in [5.41, 5.74) is 0.275. The third kappa shape index (κ3) is 3.19. The molecule has 110 valence electrons. The molecule has 0 bridgehead atoms. The Bertz CT molecular complexity index is 713. The molecule has 0 amide bonds. The molecular weight excluding hydrogens is 346 g/mol. The first-order chi connectivity index (χ1) is 9.90. The maximum Gasteiger partial charge on any atom is 0.339 e. The normalized spacial score (nSPS) is 10.4. The van der Waals surface area contributed by atoms with Crippen molar-refractivity contribution < 1.29 is 19.6 Å². The Balaban J connectivity index is 2.24. The minimum atomic E-state index is -1.11. The number of halogens is 1. The quantitative estimate of drug-likeness (QED) is 0.651. The molecule has 9 heteroatoms. The number of aryl methyl sites for hydroxylation is 1. The van der Waals surface area contributed by atoms with Gasteiger partial charge in [-0.2, -0.15) is 5.10 Å². The molecule has 0 spiro atoms. The summed E-state index contributed by atoms with van der Waals surface area (Å²) >= 11 is 3.22. The fourth-order valence-electron chi connectivity index (χ4n) is 1.68. The molecule has 1 aromatic heterocycles. The number of carboxylic acid groups (broad SMARTS) is 1. The fraction of sp³-hybridized carbons (Fsp3) is 0.167. The number of aromatic carboxylic acids is 1. The van der Waals surface area contributed by atoms with Crippen molar-refractivity contribution in [2.75, 3.05) is 0 Å². The lowest BCUT2D eigenvalue weighted by Crippen LogP contribution is -2.08. The Hall–Kier alpha value is -2.42. The summed E-state index contributed by atoms with van der Waals surface area (Å²) in [4.78, 5) is 21.3. The third-order valence-electron chi connectivity index (χ3n) is 2.78.